The van der Waals surface area contributed by atoms with Crippen molar-refractivity contribution >= 4 is 22.8 Å². The van der Waals surface area contributed by atoms with Crippen molar-refractivity contribution < 1.29 is 14.3 Å². The molecule has 4 aromatic rings. The Morgan fingerprint density at radius 2 is 1.84 bits per heavy atom. The summed E-state index contributed by atoms with van der Waals surface area (Å²) < 4.78 is 6.85. The van der Waals surface area contributed by atoms with Gasteiger partial charge >= 0.3 is 0 Å². The summed E-state index contributed by atoms with van der Waals surface area (Å²) in [6.07, 6.45) is 4.00. The first kappa shape index (κ1) is 25.8. The van der Waals surface area contributed by atoms with Crippen LogP contribution in [0.3, 0.4) is 0 Å². The van der Waals surface area contributed by atoms with Gasteiger partial charge in [0.05, 0.1) is 12.6 Å². The highest BCUT2D eigenvalue weighted by molar-refractivity contribution is 5.89. The number of para-hydroxylation sites is 1. The number of methoxy groups -OCH3 is 1. The highest BCUT2D eigenvalue weighted by Gasteiger charge is 2.34. The van der Waals surface area contributed by atoms with E-state index in [-0.39, 0.29) is 24.9 Å². The Hall–Kier alpha value is -4.27. The van der Waals surface area contributed by atoms with E-state index in [9.17, 15) is 9.59 Å². The highest BCUT2D eigenvalue weighted by atomic mass is 16.5. The number of hydrogen-bond acceptors (Lipinski definition) is 6. The van der Waals surface area contributed by atoms with Gasteiger partial charge in [0.2, 0.25) is 11.8 Å². The monoisotopic (exact) mass is 500 g/mol. The minimum atomic E-state index is -0.899. The number of amides is 2. The molecule has 192 valence electrons. The van der Waals surface area contributed by atoms with Crippen molar-refractivity contribution in [1.82, 2.24) is 30.2 Å². The summed E-state index contributed by atoms with van der Waals surface area (Å²) in [7, 11) is 1.60. The molecule has 2 amide bonds. The zero-order chi connectivity index (χ0) is 26.4. The molecule has 0 spiro atoms. The van der Waals surface area contributed by atoms with Crippen molar-refractivity contribution in [1.29, 1.82) is 0 Å². The van der Waals surface area contributed by atoms with Gasteiger partial charge in [-0.15, -0.1) is 5.10 Å². The summed E-state index contributed by atoms with van der Waals surface area (Å²) >= 11 is 0. The van der Waals surface area contributed by atoms with E-state index in [2.05, 4.69) is 20.6 Å². The first-order valence-electron chi connectivity index (χ1n) is 12.2. The molecule has 0 fully saturated rings. The van der Waals surface area contributed by atoms with E-state index < -0.39 is 11.6 Å². The molecular formula is C28H32N6O3. The maximum atomic E-state index is 13.9. The molecule has 37 heavy (non-hydrogen) atoms. The average Bonchev–Trinajstić information content (AvgIpc) is 3.31. The third-order valence-corrected chi connectivity index (χ3v) is 6.44. The lowest BCUT2D eigenvalue weighted by atomic mass is 9.99. The zero-order valence-electron chi connectivity index (χ0n) is 21.6. The molecule has 0 bridgehead atoms. The van der Waals surface area contributed by atoms with E-state index >= 15 is 0 Å². The fourth-order valence-corrected chi connectivity index (χ4v) is 4.01. The molecular weight excluding hydrogens is 468 g/mol. The Bertz CT molecular complexity index is 1350. The average molecular weight is 501 g/mol. The van der Waals surface area contributed by atoms with E-state index in [4.69, 9.17) is 4.74 Å². The zero-order valence-corrected chi connectivity index (χ0v) is 21.6. The van der Waals surface area contributed by atoms with Gasteiger partial charge < -0.3 is 15.0 Å². The van der Waals surface area contributed by atoms with Crippen LogP contribution in [0.2, 0.25) is 0 Å². The predicted molar refractivity (Wildman–Crippen MR) is 141 cm³/mol. The minimum absolute atomic E-state index is 0.0715. The van der Waals surface area contributed by atoms with E-state index in [1.807, 2.05) is 75.4 Å². The second-order valence-electron chi connectivity index (χ2n) is 9.52. The van der Waals surface area contributed by atoms with E-state index in [0.717, 1.165) is 17.5 Å². The first-order valence-corrected chi connectivity index (χ1v) is 12.2. The van der Waals surface area contributed by atoms with Crippen molar-refractivity contribution in [3.8, 4) is 5.75 Å². The van der Waals surface area contributed by atoms with Crippen LogP contribution in [0.4, 0.5) is 0 Å². The Labute approximate surface area is 216 Å². The molecule has 0 radical (unpaired) electrons. The summed E-state index contributed by atoms with van der Waals surface area (Å²) in [5.41, 5.74) is 2.47. The lowest BCUT2D eigenvalue weighted by molar-refractivity contribution is -0.143. The maximum Gasteiger partial charge on any atom is 0.247 e. The molecule has 0 aliphatic carbocycles. The van der Waals surface area contributed by atoms with Gasteiger partial charge in [0, 0.05) is 30.0 Å². The number of rotatable bonds is 10. The fraction of sp³-hybridized carbons (Fsp3) is 0.321. The summed E-state index contributed by atoms with van der Waals surface area (Å²) in [6, 6.07) is 17.6. The molecule has 2 aromatic carbocycles. The molecule has 2 heterocycles. The number of carbonyl (C=O) groups excluding carboxylic acids is 2. The number of pyridine rings is 1. The van der Waals surface area contributed by atoms with Crippen LogP contribution in [0.1, 0.15) is 44.4 Å². The predicted octanol–water partition coefficient (Wildman–Crippen LogP) is 3.91. The topological polar surface area (TPSA) is 102 Å². The van der Waals surface area contributed by atoms with Gasteiger partial charge in [-0.25, -0.2) is 4.68 Å². The first-order chi connectivity index (χ1) is 17.8. The van der Waals surface area contributed by atoms with Crippen LogP contribution in [0, 0.1) is 0 Å². The van der Waals surface area contributed by atoms with E-state index in [0.29, 0.717) is 16.8 Å². The number of fused-ring (bicyclic) bond motifs is 1. The van der Waals surface area contributed by atoms with Gasteiger partial charge in [0.25, 0.3) is 0 Å². The fourth-order valence-electron chi connectivity index (χ4n) is 4.01. The van der Waals surface area contributed by atoms with Crippen molar-refractivity contribution in [2.24, 2.45) is 0 Å². The summed E-state index contributed by atoms with van der Waals surface area (Å²) in [5.74, 6) is 0.164. The van der Waals surface area contributed by atoms with Crippen LogP contribution in [-0.2, 0) is 22.7 Å². The number of carbonyl (C=O) groups is 2. The summed E-state index contributed by atoms with van der Waals surface area (Å²) in [6.45, 7) is 6.06. The summed E-state index contributed by atoms with van der Waals surface area (Å²) in [4.78, 5) is 33.5. The number of nitrogens with one attached hydrogen (secondary N) is 1. The van der Waals surface area contributed by atoms with Crippen molar-refractivity contribution in [3.05, 3.63) is 84.2 Å². The van der Waals surface area contributed by atoms with E-state index in [1.165, 1.54) is 0 Å². The second kappa shape index (κ2) is 11.2. The Morgan fingerprint density at radius 3 is 2.51 bits per heavy atom. The highest BCUT2D eigenvalue weighted by Crippen LogP contribution is 2.26. The lowest BCUT2D eigenvalue weighted by Gasteiger charge is -2.34. The van der Waals surface area contributed by atoms with E-state index in [1.54, 1.807) is 35.2 Å². The van der Waals surface area contributed by atoms with Gasteiger partial charge in [-0.2, -0.15) is 0 Å². The van der Waals surface area contributed by atoms with Crippen LogP contribution in [0.15, 0.2) is 73.1 Å². The van der Waals surface area contributed by atoms with Crippen LogP contribution < -0.4 is 10.1 Å². The number of nitrogens with zero attached hydrogens (tertiary/aromatic N) is 5. The molecule has 1 atom stereocenters. The van der Waals surface area contributed by atoms with Crippen molar-refractivity contribution in [2.45, 2.75) is 51.9 Å². The molecule has 9 nitrogen and oxygen atoms in total. The molecule has 2 aromatic heterocycles. The summed E-state index contributed by atoms with van der Waals surface area (Å²) in [5, 5.41) is 11.5. The Kier molecular flexibility index (Phi) is 7.81. The van der Waals surface area contributed by atoms with Crippen molar-refractivity contribution in [2.75, 3.05) is 7.11 Å². The molecule has 9 heteroatoms. The largest absolute Gasteiger partial charge is 0.497 e. The molecule has 0 saturated carbocycles. The van der Waals surface area contributed by atoms with Crippen LogP contribution in [0.5, 0.6) is 5.75 Å². The van der Waals surface area contributed by atoms with Gasteiger partial charge in [-0.1, -0.05) is 42.5 Å². The molecule has 1 N–H and O–H groups in total. The van der Waals surface area contributed by atoms with Crippen LogP contribution >= 0.6 is 0 Å². The number of benzene rings is 2. The van der Waals surface area contributed by atoms with Crippen LogP contribution in [-0.4, -0.2) is 49.3 Å². The SMILES string of the molecule is CCC(C)(C)NC(=O)C(c1cccnc1)N(Cc1ccc(OC)cc1)C(=O)Cn1nnc2ccccc21. The molecule has 0 aliphatic heterocycles. The molecule has 0 saturated heterocycles. The number of hydrogen-bond donors (Lipinski definition) is 1. The standard InChI is InChI=1S/C28H32N6O3/c1-5-28(2,3)30-27(36)26(21-9-8-16-29-17-21)33(18-20-12-14-22(37-4)15-13-20)25(35)19-34-24-11-7-6-10-23(24)31-32-34/h6-17,26H,5,18-19H2,1-4H3,(H,30,36). The Morgan fingerprint density at radius 1 is 1.08 bits per heavy atom. The third kappa shape index (κ3) is 6.11. The number of aromatic nitrogens is 4. The second-order valence-corrected chi connectivity index (χ2v) is 9.52. The minimum Gasteiger partial charge on any atom is -0.497 e. The molecule has 0 aliphatic rings. The quantitative estimate of drug-likeness (QED) is 0.354. The van der Waals surface area contributed by atoms with Crippen LogP contribution in [0.25, 0.3) is 11.0 Å². The Balaban J connectivity index is 1.74. The van der Waals surface area contributed by atoms with Gasteiger partial charge in [0.1, 0.15) is 23.9 Å². The van der Waals surface area contributed by atoms with Gasteiger partial charge in [-0.3, -0.25) is 14.6 Å². The van der Waals surface area contributed by atoms with Gasteiger partial charge in [0.15, 0.2) is 0 Å². The molecule has 4 rings (SSSR count). The van der Waals surface area contributed by atoms with Crippen molar-refractivity contribution in [3.63, 3.8) is 0 Å². The molecule has 1 unspecified atom stereocenters. The smallest absolute Gasteiger partial charge is 0.247 e. The normalized spacial score (nSPS) is 12.2. The lowest BCUT2D eigenvalue weighted by Crippen LogP contribution is -2.50. The number of ether oxygens (including phenoxy) is 1. The van der Waals surface area contributed by atoms with Gasteiger partial charge in [-0.05, 0) is 56.2 Å². The maximum absolute atomic E-state index is 13.9. The third-order valence-electron chi connectivity index (χ3n) is 6.44.